The summed E-state index contributed by atoms with van der Waals surface area (Å²) in [6.07, 6.45) is -4.52. The van der Waals surface area contributed by atoms with Gasteiger partial charge < -0.3 is 5.73 Å². The van der Waals surface area contributed by atoms with Crippen molar-refractivity contribution in [3.05, 3.63) is 34.9 Å². The van der Waals surface area contributed by atoms with E-state index in [0.29, 0.717) is 0 Å². The standard InChI is InChI=1S/C9H7F4NS/c10-4-5-1-6(8(14)15)3-7(2-5)9(11,12)13/h1-3H,4H2,(H2,14,15). The molecule has 0 radical (unpaired) electrons. The molecule has 0 unspecified atom stereocenters. The molecule has 0 atom stereocenters. The van der Waals surface area contributed by atoms with Crippen LogP contribution < -0.4 is 5.73 Å². The number of thiocarbonyl (C=S) groups is 1. The van der Waals surface area contributed by atoms with Gasteiger partial charge in [-0.25, -0.2) is 4.39 Å². The highest BCUT2D eigenvalue weighted by molar-refractivity contribution is 7.80. The van der Waals surface area contributed by atoms with Crippen molar-refractivity contribution in [3.63, 3.8) is 0 Å². The molecule has 0 saturated heterocycles. The lowest BCUT2D eigenvalue weighted by Crippen LogP contribution is -2.13. The van der Waals surface area contributed by atoms with Crippen molar-refractivity contribution >= 4 is 17.2 Å². The SMILES string of the molecule is NC(=S)c1cc(CF)cc(C(F)(F)F)c1. The van der Waals surface area contributed by atoms with Gasteiger partial charge in [0, 0.05) is 5.56 Å². The number of alkyl halides is 4. The van der Waals surface area contributed by atoms with Crippen LogP contribution in [0.2, 0.25) is 0 Å². The minimum Gasteiger partial charge on any atom is -0.389 e. The Morgan fingerprint density at radius 2 is 1.87 bits per heavy atom. The van der Waals surface area contributed by atoms with E-state index in [2.05, 4.69) is 12.2 Å². The van der Waals surface area contributed by atoms with Gasteiger partial charge in [0.2, 0.25) is 0 Å². The van der Waals surface area contributed by atoms with Crippen LogP contribution in [0.4, 0.5) is 17.6 Å². The molecule has 0 fully saturated rings. The van der Waals surface area contributed by atoms with Crippen LogP contribution in [0, 0.1) is 0 Å². The molecule has 0 aromatic heterocycles. The largest absolute Gasteiger partial charge is 0.416 e. The van der Waals surface area contributed by atoms with Crippen LogP contribution in [0.15, 0.2) is 18.2 Å². The molecule has 0 heterocycles. The molecule has 0 bridgehead atoms. The van der Waals surface area contributed by atoms with Gasteiger partial charge in [0.25, 0.3) is 0 Å². The fraction of sp³-hybridized carbons (Fsp3) is 0.222. The number of rotatable bonds is 2. The van der Waals surface area contributed by atoms with Gasteiger partial charge in [0.1, 0.15) is 11.7 Å². The molecule has 1 aromatic rings. The zero-order valence-electron chi connectivity index (χ0n) is 7.44. The molecule has 0 aliphatic rings. The molecule has 0 amide bonds. The van der Waals surface area contributed by atoms with Gasteiger partial charge in [-0.15, -0.1) is 0 Å². The lowest BCUT2D eigenvalue weighted by Gasteiger charge is -2.10. The van der Waals surface area contributed by atoms with E-state index in [0.717, 1.165) is 12.1 Å². The lowest BCUT2D eigenvalue weighted by atomic mass is 10.1. The van der Waals surface area contributed by atoms with Gasteiger partial charge in [0.05, 0.1) is 5.56 Å². The van der Waals surface area contributed by atoms with E-state index >= 15 is 0 Å². The van der Waals surface area contributed by atoms with Crippen LogP contribution in [-0.2, 0) is 12.9 Å². The first-order valence-corrected chi connectivity index (χ1v) is 4.32. The average Bonchev–Trinajstić information content (AvgIpc) is 2.15. The molecule has 6 heteroatoms. The monoisotopic (exact) mass is 237 g/mol. The summed E-state index contributed by atoms with van der Waals surface area (Å²) in [5.41, 5.74) is 4.18. The van der Waals surface area contributed by atoms with Crippen molar-refractivity contribution in [2.45, 2.75) is 12.9 Å². The van der Waals surface area contributed by atoms with Crippen LogP contribution in [0.5, 0.6) is 0 Å². The van der Waals surface area contributed by atoms with E-state index in [1.807, 2.05) is 0 Å². The molecule has 0 spiro atoms. The molecule has 1 rings (SSSR count). The first-order valence-electron chi connectivity index (χ1n) is 3.91. The minimum absolute atomic E-state index is 0.0208. The zero-order valence-corrected chi connectivity index (χ0v) is 8.25. The van der Waals surface area contributed by atoms with Gasteiger partial charge in [-0.3, -0.25) is 0 Å². The fourth-order valence-corrected chi connectivity index (χ4v) is 1.19. The molecular weight excluding hydrogens is 230 g/mol. The maximum absolute atomic E-state index is 12.3. The smallest absolute Gasteiger partial charge is 0.389 e. The van der Waals surface area contributed by atoms with Gasteiger partial charge in [0.15, 0.2) is 0 Å². The van der Waals surface area contributed by atoms with Gasteiger partial charge in [-0.1, -0.05) is 12.2 Å². The summed E-state index contributed by atoms with van der Waals surface area (Å²) in [4.78, 5) is -0.184. The molecule has 0 saturated carbocycles. The second-order valence-corrected chi connectivity index (χ2v) is 3.35. The summed E-state index contributed by atoms with van der Waals surface area (Å²) in [6, 6.07) is 2.75. The fourth-order valence-electron chi connectivity index (χ4n) is 1.08. The maximum Gasteiger partial charge on any atom is 0.416 e. The van der Waals surface area contributed by atoms with E-state index in [1.54, 1.807) is 0 Å². The van der Waals surface area contributed by atoms with Gasteiger partial charge in [-0.05, 0) is 23.8 Å². The van der Waals surface area contributed by atoms with E-state index in [1.165, 1.54) is 6.07 Å². The van der Waals surface area contributed by atoms with Crippen molar-refractivity contribution < 1.29 is 17.6 Å². The number of hydrogen-bond donors (Lipinski definition) is 1. The summed E-state index contributed by atoms with van der Waals surface area (Å²) in [5, 5.41) is 0. The van der Waals surface area contributed by atoms with Crippen LogP contribution >= 0.6 is 12.2 Å². The van der Waals surface area contributed by atoms with Crippen molar-refractivity contribution in [1.29, 1.82) is 0 Å². The third-order valence-electron chi connectivity index (χ3n) is 1.76. The molecule has 0 aliphatic carbocycles. The highest BCUT2D eigenvalue weighted by Crippen LogP contribution is 2.30. The Labute approximate surface area is 88.9 Å². The predicted octanol–water partition coefficient (Wildman–Crippen LogP) is 2.81. The second kappa shape index (κ2) is 4.14. The number of nitrogens with two attached hydrogens (primary N) is 1. The normalized spacial score (nSPS) is 11.5. The minimum atomic E-state index is -4.52. The number of halogens is 4. The van der Waals surface area contributed by atoms with Crippen LogP contribution in [0.25, 0.3) is 0 Å². The first-order chi connectivity index (χ1) is 6.84. The van der Waals surface area contributed by atoms with Crippen LogP contribution in [-0.4, -0.2) is 4.99 Å². The predicted molar refractivity (Wildman–Crippen MR) is 52.1 cm³/mol. The Bertz CT molecular complexity index is 386. The molecular formula is C9H7F4NS. The highest BCUT2D eigenvalue weighted by Gasteiger charge is 2.31. The Morgan fingerprint density at radius 1 is 1.27 bits per heavy atom. The molecule has 1 aromatic carbocycles. The van der Waals surface area contributed by atoms with E-state index in [-0.39, 0.29) is 16.1 Å². The lowest BCUT2D eigenvalue weighted by molar-refractivity contribution is -0.137. The summed E-state index contributed by atoms with van der Waals surface area (Å²) < 4.78 is 49.3. The summed E-state index contributed by atoms with van der Waals surface area (Å²) in [5.74, 6) is 0. The number of benzene rings is 1. The van der Waals surface area contributed by atoms with Gasteiger partial charge >= 0.3 is 6.18 Å². The van der Waals surface area contributed by atoms with Crippen molar-refractivity contribution in [1.82, 2.24) is 0 Å². The Morgan fingerprint density at radius 3 is 2.27 bits per heavy atom. The van der Waals surface area contributed by atoms with Crippen molar-refractivity contribution in [2.75, 3.05) is 0 Å². The first kappa shape index (κ1) is 11.9. The zero-order chi connectivity index (χ0) is 11.6. The Balaban J connectivity index is 3.30. The van der Waals surface area contributed by atoms with E-state index < -0.39 is 18.4 Å². The highest BCUT2D eigenvalue weighted by atomic mass is 32.1. The van der Waals surface area contributed by atoms with E-state index in [4.69, 9.17) is 5.73 Å². The topological polar surface area (TPSA) is 26.0 Å². The summed E-state index contributed by atoms with van der Waals surface area (Å²) in [6.45, 7) is -0.987. The van der Waals surface area contributed by atoms with Gasteiger partial charge in [-0.2, -0.15) is 13.2 Å². The maximum atomic E-state index is 12.3. The molecule has 2 N–H and O–H groups in total. The third-order valence-corrected chi connectivity index (χ3v) is 1.99. The van der Waals surface area contributed by atoms with Crippen LogP contribution in [0.3, 0.4) is 0 Å². The molecule has 82 valence electrons. The third kappa shape index (κ3) is 2.89. The summed E-state index contributed by atoms with van der Waals surface area (Å²) >= 11 is 4.54. The molecule has 1 nitrogen and oxygen atoms in total. The van der Waals surface area contributed by atoms with Crippen molar-refractivity contribution in [3.8, 4) is 0 Å². The molecule has 15 heavy (non-hydrogen) atoms. The Kier molecular flexibility index (Phi) is 3.28. The average molecular weight is 237 g/mol. The van der Waals surface area contributed by atoms with E-state index in [9.17, 15) is 17.6 Å². The summed E-state index contributed by atoms with van der Waals surface area (Å²) in [7, 11) is 0. The second-order valence-electron chi connectivity index (χ2n) is 2.91. The quantitative estimate of drug-likeness (QED) is 0.632. The van der Waals surface area contributed by atoms with Crippen LogP contribution in [0.1, 0.15) is 16.7 Å². The van der Waals surface area contributed by atoms with Crippen molar-refractivity contribution in [2.24, 2.45) is 5.73 Å². The Hall–Kier alpha value is -1.17. The number of hydrogen-bond acceptors (Lipinski definition) is 1. The molecule has 0 aliphatic heterocycles.